The van der Waals surface area contributed by atoms with Crippen molar-refractivity contribution < 1.29 is 17.6 Å². The Labute approximate surface area is 148 Å². The monoisotopic (exact) mass is 365 g/mol. The third kappa shape index (κ3) is 2.78. The highest BCUT2D eigenvalue weighted by Crippen LogP contribution is 2.59. The number of likely N-dealkylation sites (tertiary alicyclic amines) is 1. The summed E-state index contributed by atoms with van der Waals surface area (Å²) < 4.78 is 38.3. The highest BCUT2D eigenvalue weighted by Gasteiger charge is 2.61. The number of benzene rings is 1. The van der Waals surface area contributed by atoms with Crippen LogP contribution in [-0.2, 0) is 14.6 Å². The van der Waals surface area contributed by atoms with Crippen molar-refractivity contribution in [2.24, 2.45) is 11.3 Å². The Morgan fingerprint density at radius 2 is 1.92 bits per heavy atom. The second-order valence-corrected chi connectivity index (χ2v) is 10.4. The van der Waals surface area contributed by atoms with E-state index in [-0.39, 0.29) is 17.2 Å². The molecule has 3 fully saturated rings. The Kier molecular flexibility index (Phi) is 3.94. The number of carbonyl (C=O) groups is 1. The molecule has 1 aromatic rings. The fraction of sp³-hybridized carbons (Fsp3) is 0.632. The van der Waals surface area contributed by atoms with Crippen molar-refractivity contribution in [1.82, 2.24) is 4.90 Å². The first-order valence-electron chi connectivity index (χ1n) is 9.12. The van der Waals surface area contributed by atoms with Gasteiger partial charge in [0.15, 0.2) is 9.84 Å². The van der Waals surface area contributed by atoms with E-state index < -0.39 is 20.9 Å². The normalized spacial score (nSPS) is 26.0. The number of hydrogen-bond acceptors (Lipinski definition) is 3. The number of nitrogens with zero attached hydrogens (tertiary/aromatic N) is 1. The largest absolute Gasteiger partial charge is 0.338 e. The van der Waals surface area contributed by atoms with Gasteiger partial charge in [0.2, 0.25) is 5.91 Å². The molecule has 3 aliphatic rings. The fourth-order valence-electron chi connectivity index (χ4n) is 4.57. The minimum absolute atomic E-state index is 0.000982. The van der Waals surface area contributed by atoms with Gasteiger partial charge in [0.05, 0.1) is 10.1 Å². The van der Waals surface area contributed by atoms with Gasteiger partial charge >= 0.3 is 0 Å². The van der Waals surface area contributed by atoms with Crippen LogP contribution in [0.4, 0.5) is 4.39 Å². The van der Waals surface area contributed by atoms with Gasteiger partial charge in [0, 0.05) is 24.4 Å². The fourth-order valence-corrected chi connectivity index (χ4v) is 5.92. The van der Waals surface area contributed by atoms with Crippen molar-refractivity contribution in [3.05, 3.63) is 30.1 Å². The van der Waals surface area contributed by atoms with Gasteiger partial charge in [-0.3, -0.25) is 4.79 Å². The summed E-state index contributed by atoms with van der Waals surface area (Å²) >= 11 is 0. The lowest BCUT2D eigenvalue weighted by atomic mass is 9.56. The molecule has 25 heavy (non-hydrogen) atoms. The summed E-state index contributed by atoms with van der Waals surface area (Å²) in [5.41, 5.74) is 0.343. The molecule has 1 saturated heterocycles. The Balaban J connectivity index is 1.44. The molecule has 2 unspecified atom stereocenters. The van der Waals surface area contributed by atoms with Crippen molar-refractivity contribution in [2.45, 2.75) is 61.6 Å². The molecule has 2 saturated carbocycles. The van der Waals surface area contributed by atoms with Gasteiger partial charge in [-0.05, 0) is 62.8 Å². The first-order valence-corrected chi connectivity index (χ1v) is 10.7. The standard InChI is InChI=1S/C19H24FNO3S/c1-13(25(23,24)16-7-5-15(20)6-8-16)11-17(22)21-12-19(9-2-10-19)18(21)14-3-4-14/h5-8,13-14,18H,2-4,9-12H2,1H3. The van der Waals surface area contributed by atoms with Crippen molar-refractivity contribution in [2.75, 3.05) is 6.54 Å². The average Bonchev–Trinajstić information content (AvgIpc) is 3.29. The van der Waals surface area contributed by atoms with Crippen LogP contribution in [0.25, 0.3) is 0 Å². The quantitative estimate of drug-likeness (QED) is 0.753. The zero-order valence-electron chi connectivity index (χ0n) is 14.4. The first-order chi connectivity index (χ1) is 11.8. The van der Waals surface area contributed by atoms with Crippen molar-refractivity contribution in [3.8, 4) is 0 Å². The van der Waals surface area contributed by atoms with Gasteiger partial charge in [0.25, 0.3) is 0 Å². The van der Waals surface area contributed by atoms with Gasteiger partial charge in [-0.2, -0.15) is 0 Å². The highest BCUT2D eigenvalue weighted by molar-refractivity contribution is 7.92. The van der Waals surface area contributed by atoms with Crippen LogP contribution in [-0.4, -0.2) is 37.1 Å². The second kappa shape index (κ2) is 5.79. The topological polar surface area (TPSA) is 54.5 Å². The maximum atomic E-state index is 13.0. The van der Waals surface area contributed by atoms with Crippen LogP contribution in [0.15, 0.2) is 29.2 Å². The van der Waals surface area contributed by atoms with Gasteiger partial charge in [0.1, 0.15) is 5.82 Å². The molecule has 1 amide bonds. The van der Waals surface area contributed by atoms with Crippen LogP contribution in [0.5, 0.6) is 0 Å². The third-order valence-electron chi connectivity index (χ3n) is 6.32. The van der Waals surface area contributed by atoms with Crippen molar-refractivity contribution >= 4 is 15.7 Å². The zero-order valence-corrected chi connectivity index (χ0v) is 15.3. The van der Waals surface area contributed by atoms with Crippen molar-refractivity contribution in [1.29, 1.82) is 0 Å². The van der Waals surface area contributed by atoms with Crippen LogP contribution in [0.3, 0.4) is 0 Å². The van der Waals surface area contributed by atoms with Crippen LogP contribution in [0.2, 0.25) is 0 Å². The summed E-state index contributed by atoms with van der Waals surface area (Å²) in [6.45, 7) is 2.37. The van der Waals surface area contributed by atoms with Crippen LogP contribution < -0.4 is 0 Å². The van der Waals surface area contributed by atoms with Crippen LogP contribution >= 0.6 is 0 Å². The molecule has 4 nitrogen and oxygen atoms in total. The molecule has 1 heterocycles. The third-order valence-corrected chi connectivity index (χ3v) is 8.48. The SMILES string of the molecule is CC(CC(=O)N1CC2(CCC2)C1C1CC1)S(=O)(=O)c1ccc(F)cc1. The second-order valence-electron chi connectivity index (χ2n) is 8.03. The molecule has 4 rings (SSSR count). The lowest BCUT2D eigenvalue weighted by Crippen LogP contribution is -2.70. The number of halogens is 1. The van der Waals surface area contributed by atoms with E-state index >= 15 is 0 Å². The summed E-state index contributed by atoms with van der Waals surface area (Å²) in [6.07, 6.45) is 6.06. The van der Waals surface area contributed by atoms with Gasteiger partial charge in [-0.1, -0.05) is 6.42 Å². The molecular weight excluding hydrogens is 341 g/mol. The van der Waals surface area contributed by atoms with E-state index in [1.165, 1.54) is 44.2 Å². The zero-order chi connectivity index (χ0) is 17.8. The van der Waals surface area contributed by atoms with E-state index in [1.54, 1.807) is 6.92 Å². The number of rotatable bonds is 5. The number of carbonyl (C=O) groups excluding carboxylic acids is 1. The highest BCUT2D eigenvalue weighted by atomic mass is 32.2. The van der Waals surface area contributed by atoms with Crippen LogP contribution in [0.1, 0.15) is 45.4 Å². The van der Waals surface area contributed by atoms with E-state index in [9.17, 15) is 17.6 Å². The molecular formula is C19H24FNO3S. The summed E-state index contributed by atoms with van der Waals surface area (Å²) in [6, 6.07) is 5.16. The average molecular weight is 365 g/mol. The maximum absolute atomic E-state index is 13.0. The number of sulfone groups is 1. The Hall–Kier alpha value is -1.43. The van der Waals surface area contributed by atoms with E-state index in [1.807, 2.05) is 4.90 Å². The smallest absolute Gasteiger partial charge is 0.224 e. The summed E-state index contributed by atoms with van der Waals surface area (Å²) in [5.74, 6) is 0.107. The predicted molar refractivity (Wildman–Crippen MR) is 92.2 cm³/mol. The molecule has 0 aromatic heterocycles. The summed E-state index contributed by atoms with van der Waals surface area (Å²) in [4.78, 5) is 14.8. The molecule has 2 aliphatic carbocycles. The molecule has 0 N–H and O–H groups in total. The van der Waals surface area contributed by atoms with E-state index in [0.29, 0.717) is 17.4 Å². The summed E-state index contributed by atoms with van der Waals surface area (Å²) in [7, 11) is -3.63. The Morgan fingerprint density at radius 1 is 1.28 bits per heavy atom. The lowest BCUT2D eigenvalue weighted by Gasteiger charge is -2.63. The lowest BCUT2D eigenvalue weighted by molar-refractivity contribution is -0.171. The number of hydrogen-bond donors (Lipinski definition) is 0. The van der Waals surface area contributed by atoms with Gasteiger partial charge in [-0.15, -0.1) is 0 Å². The minimum Gasteiger partial charge on any atom is -0.338 e. The maximum Gasteiger partial charge on any atom is 0.224 e. The van der Waals surface area contributed by atoms with E-state index in [2.05, 4.69) is 0 Å². The predicted octanol–water partition coefficient (Wildman–Crippen LogP) is 3.17. The van der Waals surface area contributed by atoms with Gasteiger partial charge in [-0.25, -0.2) is 12.8 Å². The molecule has 1 aromatic carbocycles. The minimum atomic E-state index is -3.63. The molecule has 6 heteroatoms. The van der Waals surface area contributed by atoms with Gasteiger partial charge < -0.3 is 4.90 Å². The Morgan fingerprint density at radius 3 is 2.44 bits per heavy atom. The molecule has 1 aliphatic heterocycles. The molecule has 1 spiro atoms. The molecule has 2 atom stereocenters. The Bertz CT molecular complexity index is 781. The van der Waals surface area contributed by atoms with Crippen molar-refractivity contribution in [3.63, 3.8) is 0 Å². The van der Waals surface area contributed by atoms with Crippen LogP contribution in [0, 0.1) is 17.2 Å². The number of amides is 1. The molecule has 136 valence electrons. The molecule has 0 radical (unpaired) electrons. The molecule has 0 bridgehead atoms. The van der Waals surface area contributed by atoms with E-state index in [0.717, 1.165) is 18.7 Å². The first kappa shape index (κ1) is 17.0. The summed E-state index contributed by atoms with van der Waals surface area (Å²) in [5, 5.41) is -0.803. The van der Waals surface area contributed by atoms with E-state index in [4.69, 9.17) is 0 Å².